The van der Waals surface area contributed by atoms with Gasteiger partial charge in [-0.05, 0) is 0 Å². The topological polar surface area (TPSA) is 55.6 Å². The molecule has 0 spiro atoms. The van der Waals surface area contributed by atoms with Crippen LogP contribution in [0.3, 0.4) is 0 Å². The van der Waals surface area contributed by atoms with Gasteiger partial charge >= 0.3 is 0 Å². The monoisotopic (exact) mass is 243 g/mol. The Morgan fingerprint density at radius 2 is 2.06 bits per heavy atom. The molecule has 5 nitrogen and oxygen atoms in total. The molecule has 1 N–H and O–H groups in total. The fourth-order valence-corrected chi connectivity index (χ4v) is 1.20. The molecule has 0 aliphatic rings. The van der Waals surface area contributed by atoms with Crippen LogP contribution in [-0.4, -0.2) is 19.7 Å². The van der Waals surface area contributed by atoms with E-state index in [0.29, 0.717) is 11.9 Å². The molecule has 0 aliphatic carbocycles. The fraction of sp³-hybridized carbons (Fsp3) is 0.222. The first-order chi connectivity index (χ1) is 8.06. The van der Waals surface area contributed by atoms with E-state index in [1.807, 2.05) is 0 Å². The molecule has 0 amide bonds. The average Bonchev–Trinajstić information content (AvgIpc) is 2.68. The molecule has 0 atom stereocenters. The van der Waals surface area contributed by atoms with Gasteiger partial charge in [-0.2, -0.15) is 14.5 Å². The zero-order valence-corrected chi connectivity index (χ0v) is 8.78. The first kappa shape index (κ1) is 11.4. The lowest BCUT2D eigenvalue weighted by Gasteiger charge is -2.04. The van der Waals surface area contributed by atoms with E-state index in [1.165, 1.54) is 11.0 Å². The van der Waals surface area contributed by atoms with Crippen molar-refractivity contribution in [2.24, 2.45) is 7.05 Å². The molecule has 2 rings (SSSR count). The highest BCUT2D eigenvalue weighted by Crippen LogP contribution is 2.14. The van der Waals surface area contributed by atoms with Gasteiger partial charge < -0.3 is 5.32 Å². The van der Waals surface area contributed by atoms with Crippen molar-refractivity contribution in [3.05, 3.63) is 35.8 Å². The molecule has 2 aromatic heterocycles. The van der Waals surface area contributed by atoms with E-state index < -0.39 is 17.6 Å². The molecule has 0 fully saturated rings. The number of hydrogen-bond acceptors (Lipinski definition) is 4. The Morgan fingerprint density at radius 3 is 2.71 bits per heavy atom. The van der Waals surface area contributed by atoms with Crippen molar-refractivity contribution in [1.82, 2.24) is 19.7 Å². The Kier molecular flexibility index (Phi) is 2.94. The Hall–Kier alpha value is -2.12. The number of aryl methyl sites for hydroxylation is 1. The van der Waals surface area contributed by atoms with E-state index >= 15 is 0 Å². The first-order valence-corrected chi connectivity index (χ1v) is 4.66. The van der Waals surface area contributed by atoms with Gasteiger partial charge in [0.15, 0.2) is 23.3 Å². The molecule has 0 saturated heterocycles. The molecule has 0 bridgehead atoms. The third kappa shape index (κ3) is 2.52. The molecule has 8 heteroatoms. The maximum atomic E-state index is 13.2. The second-order valence-electron chi connectivity index (χ2n) is 3.28. The standard InChI is InChI=1S/C9H8F3N5/c1-17-4-14-7(16-17)3-13-9-6(11)2-5(10)8(12)15-9/h2,4H,3H2,1H3,(H,13,15). The lowest BCUT2D eigenvalue weighted by Crippen LogP contribution is -2.07. The number of anilines is 1. The highest BCUT2D eigenvalue weighted by Gasteiger charge is 2.11. The summed E-state index contributed by atoms with van der Waals surface area (Å²) in [5, 5.41) is 6.40. The zero-order valence-electron chi connectivity index (χ0n) is 8.78. The van der Waals surface area contributed by atoms with Gasteiger partial charge in [0.05, 0.1) is 6.54 Å². The SMILES string of the molecule is Cn1cnc(CNc2nc(F)c(F)cc2F)n1. The summed E-state index contributed by atoms with van der Waals surface area (Å²) in [6.45, 7) is 0.0653. The normalized spacial score (nSPS) is 10.6. The fourth-order valence-electron chi connectivity index (χ4n) is 1.20. The number of nitrogens with one attached hydrogen (secondary N) is 1. The van der Waals surface area contributed by atoms with Crippen LogP contribution >= 0.6 is 0 Å². The van der Waals surface area contributed by atoms with Crippen molar-refractivity contribution >= 4 is 5.82 Å². The van der Waals surface area contributed by atoms with E-state index in [4.69, 9.17) is 0 Å². The summed E-state index contributed by atoms with van der Waals surface area (Å²) in [5.41, 5.74) is 0. The van der Waals surface area contributed by atoms with E-state index in [-0.39, 0.29) is 12.4 Å². The predicted molar refractivity (Wildman–Crippen MR) is 52.4 cm³/mol. The summed E-state index contributed by atoms with van der Waals surface area (Å²) in [6, 6.07) is 0.427. The molecule has 0 radical (unpaired) electrons. The highest BCUT2D eigenvalue weighted by molar-refractivity contribution is 5.36. The predicted octanol–water partition coefficient (Wildman–Crippen LogP) is 1.24. The van der Waals surface area contributed by atoms with Crippen LogP contribution in [-0.2, 0) is 13.6 Å². The highest BCUT2D eigenvalue weighted by atomic mass is 19.2. The van der Waals surface area contributed by atoms with Crippen molar-refractivity contribution in [3.8, 4) is 0 Å². The van der Waals surface area contributed by atoms with Crippen LogP contribution in [0.2, 0.25) is 0 Å². The Labute approximate surface area is 94.3 Å². The summed E-state index contributed by atoms with van der Waals surface area (Å²) in [4.78, 5) is 6.98. The number of halogens is 3. The summed E-state index contributed by atoms with van der Waals surface area (Å²) >= 11 is 0. The molecule has 0 unspecified atom stereocenters. The minimum absolute atomic E-state index is 0.0653. The third-order valence-electron chi connectivity index (χ3n) is 1.95. The van der Waals surface area contributed by atoms with E-state index in [9.17, 15) is 13.2 Å². The minimum Gasteiger partial charge on any atom is -0.360 e. The van der Waals surface area contributed by atoms with Crippen LogP contribution in [0.15, 0.2) is 12.4 Å². The summed E-state index contributed by atoms with van der Waals surface area (Å²) in [5.74, 6) is -3.65. The smallest absolute Gasteiger partial charge is 0.251 e. The van der Waals surface area contributed by atoms with Gasteiger partial charge in [0, 0.05) is 13.1 Å². The van der Waals surface area contributed by atoms with E-state index in [1.54, 1.807) is 7.05 Å². The third-order valence-corrected chi connectivity index (χ3v) is 1.95. The van der Waals surface area contributed by atoms with Crippen LogP contribution in [0.1, 0.15) is 5.82 Å². The van der Waals surface area contributed by atoms with Crippen molar-refractivity contribution in [2.75, 3.05) is 5.32 Å². The first-order valence-electron chi connectivity index (χ1n) is 4.66. The molecule has 0 saturated carbocycles. The van der Waals surface area contributed by atoms with E-state index in [2.05, 4.69) is 20.4 Å². The maximum Gasteiger partial charge on any atom is 0.251 e. The second kappa shape index (κ2) is 4.40. The molecular weight excluding hydrogens is 235 g/mol. The number of nitrogens with zero attached hydrogens (tertiary/aromatic N) is 4. The zero-order chi connectivity index (χ0) is 12.4. The van der Waals surface area contributed by atoms with Crippen LogP contribution in [0.4, 0.5) is 19.0 Å². The lowest BCUT2D eigenvalue weighted by atomic mass is 10.4. The second-order valence-corrected chi connectivity index (χ2v) is 3.28. The lowest BCUT2D eigenvalue weighted by molar-refractivity contribution is 0.466. The minimum atomic E-state index is -1.36. The number of rotatable bonds is 3. The van der Waals surface area contributed by atoms with Crippen LogP contribution in [0.25, 0.3) is 0 Å². The van der Waals surface area contributed by atoms with Gasteiger partial charge in [0.25, 0.3) is 5.95 Å². The van der Waals surface area contributed by atoms with Crippen molar-refractivity contribution < 1.29 is 13.2 Å². The van der Waals surface area contributed by atoms with Gasteiger partial charge in [0.1, 0.15) is 6.33 Å². The van der Waals surface area contributed by atoms with Crippen molar-refractivity contribution in [3.63, 3.8) is 0 Å². The Bertz CT molecular complexity index is 539. The Balaban J connectivity index is 2.11. The van der Waals surface area contributed by atoms with Crippen molar-refractivity contribution in [2.45, 2.75) is 6.54 Å². The average molecular weight is 243 g/mol. The molecule has 17 heavy (non-hydrogen) atoms. The van der Waals surface area contributed by atoms with Gasteiger partial charge in [-0.3, -0.25) is 4.68 Å². The molecule has 0 aliphatic heterocycles. The molecule has 90 valence electrons. The largest absolute Gasteiger partial charge is 0.360 e. The summed E-state index contributed by atoms with van der Waals surface area (Å²) in [7, 11) is 1.67. The van der Waals surface area contributed by atoms with E-state index in [0.717, 1.165) is 0 Å². The van der Waals surface area contributed by atoms with Gasteiger partial charge in [0.2, 0.25) is 0 Å². The molecule has 0 aromatic carbocycles. The quantitative estimate of drug-likeness (QED) is 0.824. The molecular formula is C9H8F3N5. The van der Waals surface area contributed by atoms with Gasteiger partial charge in [-0.25, -0.2) is 13.8 Å². The summed E-state index contributed by atoms with van der Waals surface area (Å²) in [6.07, 6.45) is 1.46. The van der Waals surface area contributed by atoms with Gasteiger partial charge in [-0.1, -0.05) is 0 Å². The van der Waals surface area contributed by atoms with Gasteiger partial charge in [-0.15, -0.1) is 0 Å². The van der Waals surface area contributed by atoms with Crippen LogP contribution < -0.4 is 5.32 Å². The maximum absolute atomic E-state index is 13.2. The molecule has 2 aromatic rings. The van der Waals surface area contributed by atoms with Crippen LogP contribution in [0, 0.1) is 17.6 Å². The number of aromatic nitrogens is 4. The summed E-state index contributed by atoms with van der Waals surface area (Å²) < 4.78 is 40.0. The number of pyridine rings is 1. The Morgan fingerprint density at radius 1 is 1.29 bits per heavy atom. The van der Waals surface area contributed by atoms with Crippen molar-refractivity contribution in [1.29, 1.82) is 0 Å². The molecule has 2 heterocycles. The number of hydrogen-bond donors (Lipinski definition) is 1. The van der Waals surface area contributed by atoms with Crippen LogP contribution in [0.5, 0.6) is 0 Å².